The van der Waals surface area contributed by atoms with Gasteiger partial charge in [0, 0.05) is 25.2 Å². The molecule has 1 atom stereocenters. The minimum absolute atomic E-state index is 0.159. The maximum absolute atomic E-state index is 12.2. The molecule has 3 fully saturated rings. The van der Waals surface area contributed by atoms with Crippen LogP contribution in [0.1, 0.15) is 18.4 Å². The van der Waals surface area contributed by atoms with E-state index in [0.717, 1.165) is 37.9 Å². The number of phenols is 1. The van der Waals surface area contributed by atoms with Crippen LogP contribution in [0.5, 0.6) is 5.75 Å². The molecule has 17 heavy (non-hydrogen) atoms. The minimum Gasteiger partial charge on any atom is -0.508 e. The Morgan fingerprint density at radius 2 is 1.82 bits per heavy atom. The minimum atomic E-state index is 0.159. The molecule has 1 aromatic rings. The van der Waals surface area contributed by atoms with Crippen molar-refractivity contribution in [2.24, 2.45) is 5.92 Å². The van der Waals surface area contributed by atoms with E-state index in [4.69, 9.17) is 0 Å². The molecule has 3 aliphatic rings. The van der Waals surface area contributed by atoms with Gasteiger partial charge in [0.2, 0.25) is 0 Å². The fraction of sp³-hybridized carbons (Fsp3) is 0.500. The molecular weight excluding hydrogens is 214 g/mol. The van der Waals surface area contributed by atoms with Gasteiger partial charge in [0.1, 0.15) is 5.75 Å². The fourth-order valence-electron chi connectivity index (χ4n) is 3.22. The number of phenolic OH excluding ortho intramolecular Hbond substituents is 1. The number of benzene rings is 1. The summed E-state index contributed by atoms with van der Waals surface area (Å²) in [7, 11) is 0. The van der Waals surface area contributed by atoms with E-state index < -0.39 is 0 Å². The maximum atomic E-state index is 12.2. The van der Waals surface area contributed by atoms with Gasteiger partial charge in [-0.05, 0) is 17.7 Å². The predicted octanol–water partition coefficient (Wildman–Crippen LogP) is 0.181. The van der Waals surface area contributed by atoms with E-state index in [1.54, 1.807) is 12.1 Å². The van der Waals surface area contributed by atoms with E-state index in [-0.39, 0.29) is 11.8 Å². The molecule has 2 N–H and O–H groups in total. The quantitative estimate of drug-likeness (QED) is 0.764. The standard InChI is InChI=1S/C14H17NO2/c16-12-3-1-10(2-4-12)9-13-14(17)11-5-7-15(13)8-6-11/h1-4,11,13,16H,5-9H2/p+1. The Labute approximate surface area is 101 Å². The second-order valence-electron chi connectivity index (χ2n) is 5.26. The van der Waals surface area contributed by atoms with Crippen molar-refractivity contribution in [1.82, 2.24) is 0 Å². The molecule has 3 heterocycles. The number of quaternary nitrogens is 1. The lowest BCUT2D eigenvalue weighted by Crippen LogP contribution is -3.20. The number of Topliss-reactive ketones (excluding diaryl/α,β-unsaturated/α-hetero) is 1. The molecule has 3 saturated heterocycles. The Kier molecular flexibility index (Phi) is 2.63. The van der Waals surface area contributed by atoms with Gasteiger partial charge in [0.25, 0.3) is 0 Å². The van der Waals surface area contributed by atoms with Crippen molar-refractivity contribution in [2.45, 2.75) is 25.3 Å². The van der Waals surface area contributed by atoms with Crippen LogP contribution in [-0.2, 0) is 11.2 Å². The molecule has 0 saturated carbocycles. The number of fused-ring (bicyclic) bond motifs is 3. The number of nitrogens with one attached hydrogen (secondary N) is 1. The normalized spacial score (nSPS) is 31.8. The summed E-state index contributed by atoms with van der Waals surface area (Å²) in [6.07, 6.45) is 2.99. The molecule has 0 amide bonds. The summed E-state index contributed by atoms with van der Waals surface area (Å²) >= 11 is 0. The summed E-state index contributed by atoms with van der Waals surface area (Å²) in [6.45, 7) is 2.30. The topological polar surface area (TPSA) is 41.7 Å². The second kappa shape index (κ2) is 4.15. The van der Waals surface area contributed by atoms with Gasteiger partial charge in [-0.2, -0.15) is 0 Å². The summed E-state index contributed by atoms with van der Waals surface area (Å²) in [6, 6.07) is 7.40. The van der Waals surface area contributed by atoms with Crippen molar-refractivity contribution in [2.75, 3.05) is 13.1 Å². The molecule has 3 heteroatoms. The number of hydrogen-bond acceptors (Lipinski definition) is 2. The average molecular weight is 232 g/mol. The Morgan fingerprint density at radius 3 is 2.41 bits per heavy atom. The number of carbonyl (C=O) groups excluding carboxylic acids is 1. The number of aromatic hydroxyl groups is 1. The van der Waals surface area contributed by atoms with Crippen LogP contribution in [0, 0.1) is 5.92 Å². The summed E-state index contributed by atoms with van der Waals surface area (Å²) in [5.41, 5.74) is 1.15. The largest absolute Gasteiger partial charge is 0.508 e. The summed E-state index contributed by atoms with van der Waals surface area (Å²) < 4.78 is 0. The van der Waals surface area contributed by atoms with E-state index >= 15 is 0 Å². The van der Waals surface area contributed by atoms with Crippen LogP contribution in [0.4, 0.5) is 0 Å². The number of hydrogen-bond donors (Lipinski definition) is 2. The van der Waals surface area contributed by atoms with Crippen molar-refractivity contribution >= 4 is 5.78 Å². The first-order valence-corrected chi connectivity index (χ1v) is 6.40. The smallest absolute Gasteiger partial charge is 0.193 e. The molecule has 3 nitrogen and oxygen atoms in total. The van der Waals surface area contributed by atoms with Crippen LogP contribution in [0.15, 0.2) is 24.3 Å². The van der Waals surface area contributed by atoms with Crippen molar-refractivity contribution in [1.29, 1.82) is 0 Å². The first-order valence-electron chi connectivity index (χ1n) is 6.40. The number of piperidine rings is 3. The molecule has 3 aliphatic heterocycles. The molecule has 2 bridgehead atoms. The molecule has 1 unspecified atom stereocenters. The third-order valence-corrected chi connectivity index (χ3v) is 4.24. The number of ketones is 1. The van der Waals surface area contributed by atoms with Crippen LogP contribution in [-0.4, -0.2) is 30.0 Å². The zero-order valence-corrected chi connectivity index (χ0v) is 9.86. The van der Waals surface area contributed by atoms with Crippen LogP contribution >= 0.6 is 0 Å². The van der Waals surface area contributed by atoms with Crippen molar-refractivity contribution in [3.8, 4) is 5.75 Å². The zero-order chi connectivity index (χ0) is 11.8. The molecule has 0 aromatic heterocycles. The predicted molar refractivity (Wildman–Crippen MR) is 64.0 cm³/mol. The third kappa shape index (κ3) is 1.95. The molecule has 90 valence electrons. The summed E-state index contributed by atoms with van der Waals surface area (Å²) in [5, 5.41) is 9.25. The highest BCUT2D eigenvalue weighted by Gasteiger charge is 2.44. The highest BCUT2D eigenvalue weighted by molar-refractivity contribution is 5.86. The monoisotopic (exact) mass is 232 g/mol. The first-order chi connectivity index (χ1) is 8.24. The van der Waals surface area contributed by atoms with Crippen LogP contribution in [0.3, 0.4) is 0 Å². The summed E-state index contributed by atoms with van der Waals surface area (Å²) in [5.74, 6) is 1.08. The lowest BCUT2D eigenvalue weighted by molar-refractivity contribution is -0.927. The SMILES string of the molecule is O=C1C2CC[NH+](CC2)C1Cc1ccc(O)cc1. The molecule has 1 aromatic carbocycles. The molecule has 4 rings (SSSR count). The Bertz CT molecular complexity index is 418. The number of carbonyl (C=O) groups is 1. The van der Waals surface area contributed by atoms with Gasteiger partial charge in [0.05, 0.1) is 13.1 Å². The average Bonchev–Trinajstić information content (AvgIpc) is 2.37. The van der Waals surface area contributed by atoms with E-state index in [1.807, 2.05) is 12.1 Å². The van der Waals surface area contributed by atoms with Gasteiger partial charge in [-0.25, -0.2) is 0 Å². The van der Waals surface area contributed by atoms with Gasteiger partial charge in [-0.1, -0.05) is 12.1 Å². The van der Waals surface area contributed by atoms with Crippen LogP contribution in [0.25, 0.3) is 0 Å². The lowest BCUT2D eigenvalue weighted by Gasteiger charge is -2.41. The van der Waals surface area contributed by atoms with Gasteiger partial charge in [-0.3, -0.25) is 4.79 Å². The van der Waals surface area contributed by atoms with Gasteiger partial charge >= 0.3 is 0 Å². The molecule has 0 radical (unpaired) electrons. The van der Waals surface area contributed by atoms with Crippen molar-refractivity contribution < 1.29 is 14.8 Å². The van der Waals surface area contributed by atoms with E-state index in [9.17, 15) is 9.90 Å². The van der Waals surface area contributed by atoms with Crippen LogP contribution in [0.2, 0.25) is 0 Å². The van der Waals surface area contributed by atoms with Crippen molar-refractivity contribution in [3.63, 3.8) is 0 Å². The molecule has 0 aliphatic carbocycles. The van der Waals surface area contributed by atoms with E-state index in [1.165, 1.54) is 4.90 Å². The first kappa shape index (κ1) is 10.8. The molecule has 0 spiro atoms. The van der Waals surface area contributed by atoms with Crippen molar-refractivity contribution in [3.05, 3.63) is 29.8 Å². The zero-order valence-electron chi connectivity index (χ0n) is 9.86. The van der Waals surface area contributed by atoms with Gasteiger partial charge < -0.3 is 10.0 Å². The fourth-order valence-corrected chi connectivity index (χ4v) is 3.22. The van der Waals surface area contributed by atoms with Crippen LogP contribution < -0.4 is 4.90 Å². The second-order valence-corrected chi connectivity index (χ2v) is 5.26. The van der Waals surface area contributed by atoms with E-state index in [0.29, 0.717) is 11.7 Å². The Hall–Kier alpha value is -1.35. The number of rotatable bonds is 2. The maximum Gasteiger partial charge on any atom is 0.193 e. The third-order valence-electron chi connectivity index (χ3n) is 4.24. The van der Waals surface area contributed by atoms with Gasteiger partial charge in [0.15, 0.2) is 11.8 Å². The lowest BCUT2D eigenvalue weighted by atomic mass is 9.80. The molecular formula is C14H18NO2+. The highest BCUT2D eigenvalue weighted by Crippen LogP contribution is 2.20. The highest BCUT2D eigenvalue weighted by atomic mass is 16.3. The Morgan fingerprint density at radius 1 is 1.18 bits per heavy atom. The van der Waals surface area contributed by atoms with E-state index in [2.05, 4.69) is 0 Å². The van der Waals surface area contributed by atoms with Gasteiger partial charge in [-0.15, -0.1) is 0 Å². The Balaban J connectivity index is 1.76. The summed E-state index contributed by atoms with van der Waals surface area (Å²) in [4.78, 5) is 13.7.